The Morgan fingerprint density at radius 1 is 1.69 bits per heavy atom. The normalized spacial score (nSPS) is 28.0. The molecule has 2 heterocycles. The second-order valence-electron chi connectivity index (χ2n) is 4.11. The van der Waals surface area contributed by atoms with Gasteiger partial charge in [0.25, 0.3) is 0 Å². The van der Waals surface area contributed by atoms with E-state index in [1.165, 1.54) is 12.8 Å². The second kappa shape index (κ2) is 4.86. The summed E-state index contributed by atoms with van der Waals surface area (Å²) in [5.41, 5.74) is 0.182. The Morgan fingerprint density at radius 2 is 2.56 bits per heavy atom. The van der Waals surface area contributed by atoms with E-state index in [9.17, 15) is 0 Å². The fourth-order valence-corrected chi connectivity index (χ4v) is 2.70. The van der Waals surface area contributed by atoms with Crippen LogP contribution in [0.1, 0.15) is 32.5 Å². The van der Waals surface area contributed by atoms with Crippen molar-refractivity contribution in [3.05, 3.63) is 12.2 Å². The molecule has 0 aromatic carbocycles. The van der Waals surface area contributed by atoms with E-state index in [1.54, 1.807) is 11.8 Å². The average molecular weight is 240 g/mol. The van der Waals surface area contributed by atoms with Crippen molar-refractivity contribution in [2.75, 3.05) is 5.75 Å². The lowest BCUT2D eigenvalue weighted by Gasteiger charge is -2.35. The summed E-state index contributed by atoms with van der Waals surface area (Å²) in [5.74, 6) is 1.74. The molecule has 1 unspecified atom stereocenters. The summed E-state index contributed by atoms with van der Waals surface area (Å²) in [5, 5.41) is 8.18. The summed E-state index contributed by atoms with van der Waals surface area (Å²) < 4.78 is 4.66. The van der Waals surface area contributed by atoms with Crippen LogP contribution in [-0.2, 0) is 6.54 Å². The van der Waals surface area contributed by atoms with E-state index in [0.29, 0.717) is 12.4 Å². The molecule has 6 heteroatoms. The minimum atomic E-state index is 0.182. The van der Waals surface area contributed by atoms with Crippen LogP contribution in [0.5, 0.6) is 0 Å². The Balaban J connectivity index is 1.96. The van der Waals surface area contributed by atoms with Gasteiger partial charge in [0.1, 0.15) is 6.54 Å². The van der Waals surface area contributed by atoms with Crippen LogP contribution in [0.3, 0.4) is 0 Å². The van der Waals surface area contributed by atoms with Crippen LogP contribution in [0, 0.1) is 0 Å². The van der Waals surface area contributed by atoms with Gasteiger partial charge in [0.05, 0.1) is 0 Å². The van der Waals surface area contributed by atoms with E-state index in [-0.39, 0.29) is 5.54 Å². The van der Waals surface area contributed by atoms with Gasteiger partial charge in [-0.1, -0.05) is 23.8 Å². The molecule has 1 fully saturated rings. The highest BCUT2D eigenvalue weighted by molar-refractivity contribution is 8.13. The molecule has 1 atom stereocenters. The van der Waals surface area contributed by atoms with Crippen LogP contribution < -0.4 is 5.32 Å². The van der Waals surface area contributed by atoms with E-state index in [0.717, 1.165) is 17.3 Å². The van der Waals surface area contributed by atoms with Crippen LogP contribution in [0.25, 0.3) is 0 Å². The first-order valence-corrected chi connectivity index (χ1v) is 6.41. The van der Waals surface area contributed by atoms with Gasteiger partial charge in [0, 0.05) is 11.3 Å². The molecule has 1 aromatic rings. The molecule has 16 heavy (non-hydrogen) atoms. The van der Waals surface area contributed by atoms with Crippen molar-refractivity contribution in [3.8, 4) is 0 Å². The number of thioether (sulfide) groups is 1. The molecular weight excluding hydrogens is 224 g/mol. The molecule has 1 N–H and O–H groups in total. The summed E-state index contributed by atoms with van der Waals surface area (Å²) >= 11 is 1.76. The van der Waals surface area contributed by atoms with Crippen molar-refractivity contribution in [1.29, 1.82) is 0 Å². The predicted molar refractivity (Wildman–Crippen MR) is 64.3 cm³/mol. The van der Waals surface area contributed by atoms with Gasteiger partial charge in [-0.05, 0) is 19.8 Å². The molecule has 2 rings (SSSR count). The lowest BCUT2D eigenvalue weighted by Crippen LogP contribution is -2.48. The van der Waals surface area contributed by atoms with E-state index >= 15 is 0 Å². The highest BCUT2D eigenvalue weighted by Crippen LogP contribution is 2.24. The number of nitrogens with zero attached hydrogens (tertiary/aromatic N) is 3. The maximum Gasteiger partial charge on any atom is 0.213 e. The first kappa shape index (κ1) is 11.4. The molecule has 1 aliphatic heterocycles. The molecule has 0 aliphatic carbocycles. The molecule has 0 spiro atoms. The van der Waals surface area contributed by atoms with Gasteiger partial charge in [-0.3, -0.25) is 4.99 Å². The lowest BCUT2D eigenvalue weighted by atomic mass is 9.96. The van der Waals surface area contributed by atoms with Gasteiger partial charge in [0.15, 0.2) is 11.0 Å². The predicted octanol–water partition coefficient (Wildman–Crippen LogP) is 1.82. The molecule has 0 radical (unpaired) electrons. The van der Waals surface area contributed by atoms with Gasteiger partial charge < -0.3 is 9.84 Å². The Labute approximate surface area is 99.1 Å². The number of aliphatic imine (C=N–C) groups is 1. The van der Waals surface area contributed by atoms with E-state index in [4.69, 9.17) is 0 Å². The molecule has 0 saturated carbocycles. The number of amidine groups is 1. The number of aromatic nitrogens is 2. The number of nitrogens with one attached hydrogen (secondary N) is 1. The van der Waals surface area contributed by atoms with Gasteiger partial charge >= 0.3 is 0 Å². The monoisotopic (exact) mass is 240 g/mol. The molecule has 0 amide bonds. The van der Waals surface area contributed by atoms with Gasteiger partial charge in [-0.25, -0.2) is 0 Å². The largest absolute Gasteiger partial charge is 0.360 e. The quantitative estimate of drug-likeness (QED) is 0.873. The molecule has 88 valence electrons. The SMILES string of the molecule is CCC1(C)CCSC(=NCc2ncon2)N1. The maximum absolute atomic E-state index is 4.66. The third-order valence-electron chi connectivity index (χ3n) is 2.85. The van der Waals surface area contributed by atoms with Crippen molar-refractivity contribution >= 4 is 16.9 Å². The summed E-state index contributed by atoms with van der Waals surface area (Å²) in [6, 6.07) is 0. The first-order valence-electron chi connectivity index (χ1n) is 5.42. The lowest BCUT2D eigenvalue weighted by molar-refractivity contribution is 0.389. The van der Waals surface area contributed by atoms with Crippen molar-refractivity contribution in [2.24, 2.45) is 4.99 Å². The van der Waals surface area contributed by atoms with Crippen molar-refractivity contribution < 1.29 is 4.52 Å². The van der Waals surface area contributed by atoms with E-state index in [1.807, 2.05) is 0 Å². The average Bonchev–Trinajstić information content (AvgIpc) is 2.80. The van der Waals surface area contributed by atoms with Gasteiger partial charge in [-0.15, -0.1) is 0 Å². The fraction of sp³-hybridized carbons (Fsp3) is 0.700. The third kappa shape index (κ3) is 2.75. The van der Waals surface area contributed by atoms with Crippen LogP contribution >= 0.6 is 11.8 Å². The highest BCUT2D eigenvalue weighted by Gasteiger charge is 2.27. The van der Waals surface area contributed by atoms with Crippen molar-refractivity contribution in [1.82, 2.24) is 15.5 Å². The Kier molecular flexibility index (Phi) is 3.48. The summed E-state index contributed by atoms with van der Waals surface area (Å²) in [6.07, 6.45) is 3.61. The van der Waals surface area contributed by atoms with Crippen molar-refractivity contribution in [3.63, 3.8) is 0 Å². The fourth-order valence-electron chi connectivity index (χ4n) is 1.48. The second-order valence-corrected chi connectivity index (χ2v) is 5.19. The van der Waals surface area contributed by atoms with Crippen LogP contribution in [0.2, 0.25) is 0 Å². The summed E-state index contributed by atoms with van der Waals surface area (Å²) in [7, 11) is 0. The van der Waals surface area contributed by atoms with Crippen molar-refractivity contribution in [2.45, 2.75) is 38.8 Å². The zero-order valence-electron chi connectivity index (χ0n) is 9.56. The molecule has 1 saturated heterocycles. The van der Waals surface area contributed by atoms with Crippen LogP contribution in [0.4, 0.5) is 0 Å². The zero-order valence-corrected chi connectivity index (χ0v) is 10.4. The Hall–Kier alpha value is -1.04. The molecular formula is C10H16N4OS. The first-order chi connectivity index (χ1) is 7.72. The molecule has 0 bridgehead atoms. The summed E-state index contributed by atoms with van der Waals surface area (Å²) in [4.78, 5) is 8.39. The standard InChI is InChI=1S/C10H16N4OS/c1-3-10(2)4-5-16-9(13-10)11-6-8-12-7-15-14-8/h7H,3-6H2,1-2H3,(H,11,13). The Bertz CT molecular complexity index is 365. The number of rotatable bonds is 3. The zero-order chi connectivity index (χ0) is 11.4. The van der Waals surface area contributed by atoms with E-state index in [2.05, 4.69) is 38.8 Å². The van der Waals surface area contributed by atoms with Gasteiger partial charge in [-0.2, -0.15) is 4.98 Å². The highest BCUT2D eigenvalue weighted by atomic mass is 32.2. The molecule has 1 aliphatic rings. The molecule has 1 aromatic heterocycles. The topological polar surface area (TPSA) is 63.3 Å². The van der Waals surface area contributed by atoms with E-state index < -0.39 is 0 Å². The number of hydrogen-bond donors (Lipinski definition) is 1. The van der Waals surface area contributed by atoms with Crippen LogP contribution in [0.15, 0.2) is 15.9 Å². The molecule has 5 nitrogen and oxygen atoms in total. The maximum atomic E-state index is 4.66. The minimum Gasteiger partial charge on any atom is -0.360 e. The number of hydrogen-bond acceptors (Lipinski definition) is 5. The minimum absolute atomic E-state index is 0.182. The van der Waals surface area contributed by atoms with Gasteiger partial charge in [0.2, 0.25) is 6.39 Å². The van der Waals surface area contributed by atoms with Crippen LogP contribution in [-0.4, -0.2) is 26.6 Å². The third-order valence-corrected chi connectivity index (χ3v) is 3.77. The Morgan fingerprint density at radius 3 is 3.25 bits per heavy atom. The smallest absolute Gasteiger partial charge is 0.213 e. The summed E-state index contributed by atoms with van der Waals surface area (Å²) in [6.45, 7) is 4.90.